The molecule has 2 aromatic carbocycles. The maximum atomic E-state index is 6.02. The van der Waals surface area contributed by atoms with Crippen molar-refractivity contribution in [3.63, 3.8) is 0 Å². The van der Waals surface area contributed by atoms with Crippen molar-refractivity contribution in [2.24, 2.45) is 5.92 Å². The third kappa shape index (κ3) is 6.53. The van der Waals surface area contributed by atoms with E-state index in [0.29, 0.717) is 0 Å². The molecule has 1 saturated heterocycles. The van der Waals surface area contributed by atoms with Crippen LogP contribution in [-0.2, 0) is 0 Å². The molecule has 0 radical (unpaired) electrons. The van der Waals surface area contributed by atoms with Crippen LogP contribution in [0.2, 0.25) is 5.02 Å². The van der Waals surface area contributed by atoms with Gasteiger partial charge in [0.25, 0.3) is 0 Å². The van der Waals surface area contributed by atoms with Crippen LogP contribution < -0.4 is 9.64 Å². The maximum Gasteiger partial charge on any atom is 0.136 e. The Morgan fingerprint density at radius 3 is 2.38 bits per heavy atom. The normalized spacial score (nSPS) is 14.4. The quantitative estimate of drug-likeness (QED) is 0.412. The fourth-order valence-electron chi connectivity index (χ4n) is 4.03. The zero-order chi connectivity index (χ0) is 23.9. The predicted octanol–water partition coefficient (Wildman–Crippen LogP) is 5.98. The molecule has 4 rings (SSSR count). The first-order valence-electron chi connectivity index (χ1n) is 11.9. The molecule has 5 heteroatoms. The van der Waals surface area contributed by atoms with Crippen LogP contribution in [0.5, 0.6) is 5.75 Å². The number of likely N-dealkylation sites (tertiary alicyclic amines) is 1. The minimum atomic E-state index is 0.718. The van der Waals surface area contributed by atoms with Gasteiger partial charge in [-0.25, -0.2) is 4.98 Å². The van der Waals surface area contributed by atoms with E-state index in [2.05, 4.69) is 34.7 Å². The molecule has 0 spiro atoms. The number of aromatic nitrogens is 1. The molecule has 4 nitrogen and oxygen atoms in total. The third-order valence-electron chi connectivity index (χ3n) is 6.26. The lowest BCUT2D eigenvalue weighted by Crippen LogP contribution is -2.35. The molecule has 0 unspecified atom stereocenters. The minimum Gasteiger partial charge on any atom is -0.492 e. The highest BCUT2D eigenvalue weighted by Gasteiger charge is 2.15. The summed E-state index contributed by atoms with van der Waals surface area (Å²) < 4.78 is 5.95. The van der Waals surface area contributed by atoms with Gasteiger partial charge in [-0.2, -0.15) is 0 Å². The van der Waals surface area contributed by atoms with Gasteiger partial charge in [0, 0.05) is 43.0 Å². The number of ether oxygens (including phenoxy) is 1. The summed E-state index contributed by atoms with van der Waals surface area (Å²) in [6, 6.07) is 17.9. The molecule has 1 fully saturated rings. The summed E-state index contributed by atoms with van der Waals surface area (Å²) in [4.78, 5) is 9.17. The van der Waals surface area contributed by atoms with E-state index >= 15 is 0 Å². The van der Waals surface area contributed by atoms with Gasteiger partial charge in [-0.05, 0) is 85.8 Å². The zero-order valence-electron chi connectivity index (χ0n) is 20.2. The van der Waals surface area contributed by atoms with E-state index in [9.17, 15) is 0 Å². The number of nitrogens with zero attached hydrogens (tertiary/aromatic N) is 3. The summed E-state index contributed by atoms with van der Waals surface area (Å²) in [5.41, 5.74) is 4.77. The average Bonchev–Trinajstić information content (AvgIpc) is 2.85. The summed E-state index contributed by atoms with van der Waals surface area (Å²) in [6.45, 7) is 6.41. The van der Waals surface area contributed by atoms with Crippen LogP contribution in [0.3, 0.4) is 0 Å². The molecule has 0 amide bonds. The van der Waals surface area contributed by atoms with Gasteiger partial charge >= 0.3 is 0 Å². The van der Waals surface area contributed by atoms with Crippen molar-refractivity contribution in [2.75, 3.05) is 45.2 Å². The first-order valence-corrected chi connectivity index (χ1v) is 12.3. The highest BCUT2D eigenvalue weighted by atomic mass is 35.5. The van der Waals surface area contributed by atoms with Gasteiger partial charge in [-0.15, -0.1) is 0 Å². The smallest absolute Gasteiger partial charge is 0.136 e. The number of rotatable bonds is 6. The maximum absolute atomic E-state index is 6.02. The fraction of sp³-hybridized carbons (Fsp3) is 0.345. The molecular weight excluding hydrogens is 442 g/mol. The molecule has 3 aromatic rings. The molecule has 176 valence electrons. The van der Waals surface area contributed by atoms with Gasteiger partial charge in [-0.1, -0.05) is 36.6 Å². The molecule has 34 heavy (non-hydrogen) atoms. The lowest BCUT2D eigenvalue weighted by atomic mass is 9.99. The van der Waals surface area contributed by atoms with Crippen LogP contribution in [0.4, 0.5) is 5.69 Å². The van der Waals surface area contributed by atoms with Gasteiger partial charge in [0.05, 0.1) is 5.69 Å². The van der Waals surface area contributed by atoms with Crippen molar-refractivity contribution in [1.82, 2.24) is 9.88 Å². The predicted molar refractivity (Wildman–Crippen MR) is 142 cm³/mol. The lowest BCUT2D eigenvalue weighted by Gasteiger charge is -2.29. The molecule has 1 aliphatic heterocycles. The molecule has 0 atom stereocenters. The molecule has 0 aliphatic carbocycles. The third-order valence-corrected chi connectivity index (χ3v) is 6.51. The Balaban J connectivity index is 1.39. The number of piperidine rings is 1. The SMILES string of the molecule is CC1CCN(CCOc2ccc(C#Cc3ncc(-c4ccc(Cl)cc4)cc3N(C)C)cc2)CC1. The van der Waals surface area contributed by atoms with E-state index in [1.807, 2.05) is 73.7 Å². The Hall–Kier alpha value is -3.00. The Morgan fingerprint density at radius 1 is 1.00 bits per heavy atom. The van der Waals surface area contributed by atoms with Gasteiger partial charge in [0.15, 0.2) is 0 Å². The molecule has 2 heterocycles. The van der Waals surface area contributed by atoms with E-state index in [1.54, 1.807) is 0 Å². The summed E-state index contributed by atoms with van der Waals surface area (Å²) in [5, 5.41) is 0.722. The Labute approximate surface area is 208 Å². The van der Waals surface area contributed by atoms with E-state index in [0.717, 1.165) is 57.9 Å². The number of benzene rings is 2. The van der Waals surface area contributed by atoms with E-state index < -0.39 is 0 Å². The Morgan fingerprint density at radius 2 is 1.71 bits per heavy atom. The standard InChI is InChI=1S/C29H32ClN3O/c1-22-14-16-33(17-15-22)18-19-34-27-11-4-23(5-12-27)6-13-28-29(32(2)3)20-25(21-31-28)24-7-9-26(30)10-8-24/h4-5,7-12,20-22H,14-19H2,1-3H3. The molecule has 0 saturated carbocycles. The fourth-order valence-corrected chi connectivity index (χ4v) is 4.16. The van der Waals surface area contributed by atoms with Crippen LogP contribution in [0.1, 0.15) is 31.0 Å². The first kappa shape index (κ1) is 24.1. The van der Waals surface area contributed by atoms with Crippen molar-refractivity contribution in [2.45, 2.75) is 19.8 Å². The Kier molecular flexibility index (Phi) is 8.11. The van der Waals surface area contributed by atoms with E-state index in [4.69, 9.17) is 16.3 Å². The van der Waals surface area contributed by atoms with Crippen molar-refractivity contribution in [3.8, 4) is 28.7 Å². The molecule has 1 aromatic heterocycles. The van der Waals surface area contributed by atoms with Crippen LogP contribution in [-0.4, -0.2) is 50.2 Å². The van der Waals surface area contributed by atoms with Gasteiger partial charge in [0.2, 0.25) is 0 Å². The van der Waals surface area contributed by atoms with Crippen molar-refractivity contribution >= 4 is 17.3 Å². The number of halogens is 1. The monoisotopic (exact) mass is 473 g/mol. The number of anilines is 1. The van der Waals surface area contributed by atoms with Crippen LogP contribution in [0.15, 0.2) is 60.8 Å². The van der Waals surface area contributed by atoms with Crippen molar-refractivity contribution < 1.29 is 4.74 Å². The van der Waals surface area contributed by atoms with Gasteiger partial charge < -0.3 is 9.64 Å². The first-order chi connectivity index (χ1) is 16.5. The molecule has 1 aliphatic rings. The summed E-state index contributed by atoms with van der Waals surface area (Å²) in [6.07, 6.45) is 4.45. The second-order valence-electron chi connectivity index (χ2n) is 9.14. The highest BCUT2D eigenvalue weighted by Crippen LogP contribution is 2.26. The van der Waals surface area contributed by atoms with Crippen LogP contribution in [0, 0.1) is 17.8 Å². The summed E-state index contributed by atoms with van der Waals surface area (Å²) in [5.74, 6) is 8.22. The summed E-state index contributed by atoms with van der Waals surface area (Å²) in [7, 11) is 4.01. The number of pyridine rings is 1. The number of hydrogen-bond donors (Lipinski definition) is 0. The highest BCUT2D eigenvalue weighted by molar-refractivity contribution is 6.30. The number of hydrogen-bond acceptors (Lipinski definition) is 4. The summed E-state index contributed by atoms with van der Waals surface area (Å²) >= 11 is 6.02. The second kappa shape index (κ2) is 11.4. The molecule has 0 N–H and O–H groups in total. The lowest BCUT2D eigenvalue weighted by molar-refractivity contribution is 0.160. The van der Waals surface area contributed by atoms with E-state index in [1.165, 1.54) is 25.9 Å². The van der Waals surface area contributed by atoms with Crippen LogP contribution >= 0.6 is 11.6 Å². The largest absolute Gasteiger partial charge is 0.492 e. The van der Waals surface area contributed by atoms with Crippen molar-refractivity contribution in [3.05, 3.63) is 77.1 Å². The topological polar surface area (TPSA) is 28.6 Å². The zero-order valence-corrected chi connectivity index (χ0v) is 21.0. The minimum absolute atomic E-state index is 0.718. The molecular formula is C29H32ClN3O. The van der Waals surface area contributed by atoms with Gasteiger partial charge in [0.1, 0.15) is 18.1 Å². The van der Waals surface area contributed by atoms with Gasteiger partial charge in [-0.3, -0.25) is 4.90 Å². The van der Waals surface area contributed by atoms with Crippen molar-refractivity contribution in [1.29, 1.82) is 0 Å². The van der Waals surface area contributed by atoms with Crippen LogP contribution in [0.25, 0.3) is 11.1 Å². The molecule has 0 bridgehead atoms. The van der Waals surface area contributed by atoms with E-state index in [-0.39, 0.29) is 0 Å². The Bertz CT molecular complexity index is 1140. The second-order valence-corrected chi connectivity index (χ2v) is 9.58. The average molecular weight is 474 g/mol.